The second-order valence-electron chi connectivity index (χ2n) is 5.68. The molecule has 0 amide bonds. The van der Waals surface area contributed by atoms with Crippen LogP contribution in [-0.2, 0) is 13.0 Å². The lowest BCUT2D eigenvalue weighted by Gasteiger charge is -2.17. The molecule has 3 nitrogen and oxygen atoms in total. The van der Waals surface area contributed by atoms with E-state index in [1.165, 1.54) is 11.3 Å². The molecular weight excluding hydrogens is 304 g/mol. The Morgan fingerprint density at radius 2 is 2.09 bits per heavy atom. The average Bonchev–Trinajstić information content (AvgIpc) is 3.23. The molecule has 0 spiro atoms. The quantitative estimate of drug-likeness (QED) is 0.713. The largest absolute Gasteiger partial charge is 0.497 e. The Morgan fingerprint density at radius 1 is 1.17 bits per heavy atom. The van der Waals surface area contributed by atoms with Crippen LogP contribution in [0.15, 0.2) is 53.9 Å². The van der Waals surface area contributed by atoms with E-state index in [9.17, 15) is 0 Å². The van der Waals surface area contributed by atoms with Gasteiger partial charge in [-0.2, -0.15) is 0 Å². The van der Waals surface area contributed by atoms with Crippen LogP contribution in [0.5, 0.6) is 5.75 Å². The predicted octanol–water partition coefficient (Wildman–Crippen LogP) is 4.38. The number of methoxy groups -OCH3 is 1. The van der Waals surface area contributed by atoms with Gasteiger partial charge in [-0.3, -0.25) is 0 Å². The van der Waals surface area contributed by atoms with Crippen LogP contribution >= 0.6 is 11.3 Å². The number of rotatable bonds is 4. The van der Waals surface area contributed by atoms with Gasteiger partial charge in [0.15, 0.2) is 0 Å². The van der Waals surface area contributed by atoms with Crippen LogP contribution < -0.4 is 9.64 Å². The van der Waals surface area contributed by atoms with Gasteiger partial charge in [0.05, 0.1) is 19.3 Å². The lowest BCUT2D eigenvalue weighted by Crippen LogP contribution is -2.19. The molecule has 1 aliphatic rings. The van der Waals surface area contributed by atoms with Crippen molar-refractivity contribution in [1.29, 1.82) is 0 Å². The van der Waals surface area contributed by atoms with E-state index >= 15 is 0 Å². The molecule has 0 fully saturated rings. The monoisotopic (exact) mass is 322 g/mol. The molecule has 0 unspecified atom stereocenters. The first-order valence-electron chi connectivity index (χ1n) is 7.75. The number of anilines is 1. The van der Waals surface area contributed by atoms with E-state index in [4.69, 9.17) is 9.72 Å². The van der Waals surface area contributed by atoms with Gasteiger partial charge in [0, 0.05) is 23.2 Å². The number of ether oxygens (including phenoxy) is 1. The summed E-state index contributed by atoms with van der Waals surface area (Å²) in [6.45, 7) is 1.95. The number of para-hydroxylation sites is 1. The maximum absolute atomic E-state index is 5.30. The third-order valence-electron chi connectivity index (χ3n) is 4.20. The molecule has 23 heavy (non-hydrogen) atoms. The number of benzene rings is 2. The lowest BCUT2D eigenvalue weighted by atomic mass is 10.2. The van der Waals surface area contributed by atoms with Gasteiger partial charge in [-0.25, -0.2) is 4.98 Å². The van der Waals surface area contributed by atoms with Crippen LogP contribution in [-0.4, -0.2) is 18.6 Å². The zero-order valence-electron chi connectivity index (χ0n) is 13.0. The third kappa shape index (κ3) is 2.82. The molecule has 0 radical (unpaired) electrons. The molecule has 4 heteroatoms. The highest BCUT2D eigenvalue weighted by atomic mass is 32.1. The van der Waals surface area contributed by atoms with Crippen LogP contribution in [0.25, 0.3) is 10.6 Å². The molecule has 0 bridgehead atoms. The third-order valence-corrected chi connectivity index (χ3v) is 5.14. The zero-order valence-corrected chi connectivity index (χ0v) is 13.8. The van der Waals surface area contributed by atoms with Gasteiger partial charge in [0.25, 0.3) is 0 Å². The van der Waals surface area contributed by atoms with Crippen molar-refractivity contribution >= 4 is 17.0 Å². The van der Waals surface area contributed by atoms with Crippen LogP contribution in [0, 0.1) is 0 Å². The molecule has 2 aromatic carbocycles. The van der Waals surface area contributed by atoms with Crippen LogP contribution in [0.1, 0.15) is 11.3 Å². The Morgan fingerprint density at radius 3 is 3.00 bits per heavy atom. The number of nitrogens with zero attached hydrogens (tertiary/aromatic N) is 2. The fraction of sp³-hybridized carbons (Fsp3) is 0.211. The Kier molecular flexibility index (Phi) is 3.75. The van der Waals surface area contributed by atoms with Crippen molar-refractivity contribution in [2.45, 2.75) is 13.0 Å². The van der Waals surface area contributed by atoms with Gasteiger partial charge < -0.3 is 9.64 Å². The maximum Gasteiger partial charge on any atom is 0.123 e. The smallest absolute Gasteiger partial charge is 0.123 e. The summed E-state index contributed by atoms with van der Waals surface area (Å²) < 4.78 is 5.30. The molecular formula is C19H18N2OS. The highest BCUT2D eigenvalue weighted by Gasteiger charge is 2.19. The summed E-state index contributed by atoms with van der Waals surface area (Å²) in [4.78, 5) is 7.23. The summed E-state index contributed by atoms with van der Waals surface area (Å²) in [6.07, 6.45) is 1.13. The van der Waals surface area contributed by atoms with Gasteiger partial charge in [0.1, 0.15) is 10.8 Å². The summed E-state index contributed by atoms with van der Waals surface area (Å²) in [5, 5.41) is 3.21. The highest BCUT2D eigenvalue weighted by molar-refractivity contribution is 7.13. The van der Waals surface area contributed by atoms with Gasteiger partial charge in [0.2, 0.25) is 0 Å². The van der Waals surface area contributed by atoms with Crippen molar-refractivity contribution < 1.29 is 4.74 Å². The van der Waals surface area contributed by atoms with Crippen molar-refractivity contribution in [3.8, 4) is 16.3 Å². The number of hydrogen-bond donors (Lipinski definition) is 0. The Balaban J connectivity index is 1.55. The van der Waals surface area contributed by atoms with Gasteiger partial charge in [-0.15, -0.1) is 11.3 Å². The van der Waals surface area contributed by atoms with E-state index < -0.39 is 0 Å². The first kappa shape index (κ1) is 14.3. The van der Waals surface area contributed by atoms with Gasteiger partial charge >= 0.3 is 0 Å². The molecule has 0 atom stereocenters. The van der Waals surface area contributed by atoms with Crippen LogP contribution in [0.4, 0.5) is 5.69 Å². The fourth-order valence-corrected chi connectivity index (χ4v) is 3.84. The molecule has 4 rings (SSSR count). The van der Waals surface area contributed by atoms with Crippen molar-refractivity contribution in [3.63, 3.8) is 0 Å². The average molecular weight is 322 g/mol. The molecule has 116 valence electrons. The highest BCUT2D eigenvalue weighted by Crippen LogP contribution is 2.31. The predicted molar refractivity (Wildman–Crippen MR) is 95.3 cm³/mol. The number of aromatic nitrogens is 1. The minimum Gasteiger partial charge on any atom is -0.497 e. The lowest BCUT2D eigenvalue weighted by molar-refractivity contribution is 0.415. The summed E-state index contributed by atoms with van der Waals surface area (Å²) in [7, 11) is 1.69. The van der Waals surface area contributed by atoms with Crippen LogP contribution in [0.3, 0.4) is 0 Å². The number of thiazole rings is 1. The molecule has 3 aromatic rings. The van der Waals surface area contributed by atoms with E-state index in [0.717, 1.165) is 41.5 Å². The van der Waals surface area contributed by atoms with E-state index in [2.05, 4.69) is 40.6 Å². The molecule has 0 saturated heterocycles. The normalized spacial score (nSPS) is 13.2. The summed E-state index contributed by atoms with van der Waals surface area (Å²) in [5.41, 5.74) is 5.03. The summed E-state index contributed by atoms with van der Waals surface area (Å²) in [5.74, 6) is 0.868. The van der Waals surface area contributed by atoms with E-state index in [1.807, 2.05) is 18.2 Å². The topological polar surface area (TPSA) is 25.4 Å². The van der Waals surface area contributed by atoms with Gasteiger partial charge in [-0.05, 0) is 30.2 Å². The fourth-order valence-electron chi connectivity index (χ4n) is 3.03. The Labute approximate surface area is 140 Å². The Hall–Kier alpha value is -2.33. The first-order chi connectivity index (χ1) is 11.3. The SMILES string of the molecule is COc1cccc(-c2nc(CN3CCc4ccccc43)cs2)c1. The zero-order chi connectivity index (χ0) is 15.6. The second-order valence-corrected chi connectivity index (χ2v) is 6.53. The molecule has 0 N–H and O–H groups in total. The number of hydrogen-bond acceptors (Lipinski definition) is 4. The van der Waals surface area contributed by atoms with E-state index in [0.29, 0.717) is 0 Å². The Bertz CT molecular complexity index is 827. The molecule has 1 aliphatic heterocycles. The molecule has 2 heterocycles. The van der Waals surface area contributed by atoms with Crippen LogP contribution in [0.2, 0.25) is 0 Å². The second kappa shape index (κ2) is 6.05. The van der Waals surface area contributed by atoms with Gasteiger partial charge in [-0.1, -0.05) is 30.3 Å². The molecule has 1 aromatic heterocycles. The minimum absolute atomic E-state index is 0.868. The molecule has 0 saturated carbocycles. The summed E-state index contributed by atoms with van der Waals surface area (Å²) in [6, 6.07) is 16.7. The van der Waals surface area contributed by atoms with Crippen molar-refractivity contribution in [3.05, 3.63) is 65.2 Å². The minimum atomic E-state index is 0.868. The van der Waals surface area contributed by atoms with E-state index in [1.54, 1.807) is 18.4 Å². The first-order valence-corrected chi connectivity index (χ1v) is 8.63. The number of fused-ring (bicyclic) bond motifs is 1. The van der Waals surface area contributed by atoms with Crippen molar-refractivity contribution in [2.24, 2.45) is 0 Å². The maximum atomic E-state index is 5.30. The summed E-state index contributed by atoms with van der Waals surface area (Å²) >= 11 is 1.69. The van der Waals surface area contributed by atoms with Crippen molar-refractivity contribution in [2.75, 3.05) is 18.6 Å². The standard InChI is InChI=1S/C19H18N2OS/c1-22-17-7-4-6-15(11-17)19-20-16(13-23-19)12-21-10-9-14-5-2-3-8-18(14)21/h2-8,11,13H,9-10,12H2,1H3. The molecule has 0 aliphatic carbocycles. The van der Waals surface area contributed by atoms with E-state index in [-0.39, 0.29) is 0 Å². The van der Waals surface area contributed by atoms with Crippen molar-refractivity contribution in [1.82, 2.24) is 4.98 Å².